The van der Waals surface area contributed by atoms with Crippen molar-refractivity contribution in [3.63, 3.8) is 0 Å². The standard InChI is InChI=1S/C21H21N3O4/c22-9-13-3-4-23-21(5-13)24-10-14-6-17(25)19(7-15(14)11-24)28-16-1-2-18-20(8-16)27-12-26-18/h1-5,8,14-15,17,19,25H,6-7,10-12H2/t14-,15+,17+,19+/m0/s1. The Morgan fingerprint density at radius 2 is 1.93 bits per heavy atom. The molecule has 7 nitrogen and oxygen atoms in total. The molecule has 0 amide bonds. The maximum Gasteiger partial charge on any atom is 0.231 e. The lowest BCUT2D eigenvalue weighted by molar-refractivity contribution is -0.0232. The first-order valence-corrected chi connectivity index (χ1v) is 9.55. The summed E-state index contributed by atoms with van der Waals surface area (Å²) in [5, 5.41) is 19.8. The predicted octanol–water partition coefficient (Wildman–Crippen LogP) is 2.34. The molecule has 1 saturated heterocycles. The molecule has 144 valence electrons. The van der Waals surface area contributed by atoms with E-state index in [1.807, 2.05) is 24.3 Å². The summed E-state index contributed by atoms with van der Waals surface area (Å²) in [4.78, 5) is 6.64. The maximum atomic E-state index is 10.7. The zero-order valence-corrected chi connectivity index (χ0v) is 15.3. The molecule has 2 aromatic rings. The Morgan fingerprint density at radius 3 is 2.79 bits per heavy atom. The van der Waals surface area contributed by atoms with Crippen LogP contribution in [0.3, 0.4) is 0 Å². The highest BCUT2D eigenvalue weighted by atomic mass is 16.7. The van der Waals surface area contributed by atoms with Crippen LogP contribution in [0.4, 0.5) is 5.82 Å². The summed E-state index contributed by atoms with van der Waals surface area (Å²) in [7, 11) is 0. The predicted molar refractivity (Wildman–Crippen MR) is 100 cm³/mol. The second-order valence-electron chi connectivity index (χ2n) is 7.65. The molecule has 0 bridgehead atoms. The number of anilines is 1. The van der Waals surface area contributed by atoms with Crippen LogP contribution in [0.25, 0.3) is 0 Å². The van der Waals surface area contributed by atoms with E-state index in [9.17, 15) is 5.11 Å². The van der Waals surface area contributed by atoms with Crippen LogP contribution in [-0.2, 0) is 0 Å². The Balaban J connectivity index is 1.28. The number of nitriles is 1. The first kappa shape index (κ1) is 17.1. The van der Waals surface area contributed by atoms with Gasteiger partial charge >= 0.3 is 0 Å². The van der Waals surface area contributed by atoms with E-state index in [1.165, 1.54) is 0 Å². The van der Waals surface area contributed by atoms with Crippen LogP contribution in [-0.4, -0.2) is 42.2 Å². The van der Waals surface area contributed by atoms with E-state index in [4.69, 9.17) is 19.5 Å². The van der Waals surface area contributed by atoms with Gasteiger partial charge in [-0.25, -0.2) is 4.98 Å². The average Bonchev–Trinajstić information content (AvgIpc) is 3.34. The van der Waals surface area contributed by atoms with Crippen molar-refractivity contribution >= 4 is 5.82 Å². The van der Waals surface area contributed by atoms with Crippen LogP contribution < -0.4 is 19.1 Å². The smallest absolute Gasteiger partial charge is 0.231 e. The SMILES string of the molecule is N#Cc1ccnc(N2C[C@H]3C[C@@H](Oc4ccc5c(c4)OCO5)[C@H](O)C[C@H]3C2)c1. The van der Waals surface area contributed by atoms with Gasteiger partial charge in [0.1, 0.15) is 17.7 Å². The van der Waals surface area contributed by atoms with Crippen LogP contribution in [0.15, 0.2) is 36.5 Å². The van der Waals surface area contributed by atoms with E-state index in [0.717, 1.165) is 31.1 Å². The zero-order chi connectivity index (χ0) is 19.1. The quantitative estimate of drug-likeness (QED) is 0.876. The fraction of sp³-hybridized carbons (Fsp3) is 0.429. The topological polar surface area (TPSA) is 87.8 Å². The van der Waals surface area contributed by atoms with Gasteiger partial charge in [-0.3, -0.25) is 0 Å². The molecule has 1 N–H and O–H groups in total. The van der Waals surface area contributed by atoms with Crippen molar-refractivity contribution in [3.05, 3.63) is 42.1 Å². The molecule has 3 aliphatic rings. The Kier molecular flexibility index (Phi) is 4.21. The van der Waals surface area contributed by atoms with Crippen molar-refractivity contribution in [1.29, 1.82) is 5.26 Å². The number of aliphatic hydroxyl groups excluding tert-OH is 1. The van der Waals surface area contributed by atoms with Gasteiger partial charge in [0.25, 0.3) is 0 Å². The highest BCUT2D eigenvalue weighted by Gasteiger charge is 2.43. The van der Waals surface area contributed by atoms with Gasteiger partial charge in [0.2, 0.25) is 6.79 Å². The third-order valence-corrected chi connectivity index (χ3v) is 5.92. The largest absolute Gasteiger partial charge is 0.488 e. The number of aromatic nitrogens is 1. The molecule has 1 aliphatic carbocycles. The molecule has 2 fully saturated rings. The second kappa shape index (κ2) is 6.88. The van der Waals surface area contributed by atoms with E-state index < -0.39 is 6.10 Å². The molecule has 1 saturated carbocycles. The second-order valence-corrected chi connectivity index (χ2v) is 7.65. The zero-order valence-electron chi connectivity index (χ0n) is 15.3. The van der Waals surface area contributed by atoms with Crippen molar-refractivity contribution in [2.45, 2.75) is 25.0 Å². The molecule has 0 radical (unpaired) electrons. The lowest BCUT2D eigenvalue weighted by Crippen LogP contribution is -2.42. The van der Waals surface area contributed by atoms with Gasteiger partial charge in [-0.2, -0.15) is 5.26 Å². The third kappa shape index (κ3) is 3.10. The van der Waals surface area contributed by atoms with Gasteiger partial charge in [-0.1, -0.05) is 0 Å². The van der Waals surface area contributed by atoms with Gasteiger partial charge in [-0.05, 0) is 48.9 Å². The Labute approximate surface area is 163 Å². The molecule has 3 heterocycles. The van der Waals surface area contributed by atoms with Crippen LogP contribution in [0, 0.1) is 23.2 Å². The molecule has 1 aromatic heterocycles. The molecule has 28 heavy (non-hydrogen) atoms. The highest BCUT2D eigenvalue weighted by Crippen LogP contribution is 2.41. The summed E-state index contributed by atoms with van der Waals surface area (Å²) in [6, 6.07) is 11.2. The number of hydrogen-bond acceptors (Lipinski definition) is 7. The Hall–Kier alpha value is -2.98. The summed E-state index contributed by atoms with van der Waals surface area (Å²) in [6.45, 7) is 1.94. The van der Waals surface area contributed by atoms with E-state index in [0.29, 0.717) is 35.3 Å². The molecule has 5 rings (SSSR count). The minimum Gasteiger partial charge on any atom is -0.488 e. The minimum absolute atomic E-state index is 0.228. The summed E-state index contributed by atoms with van der Waals surface area (Å²) in [5.74, 6) is 3.74. The first-order chi connectivity index (χ1) is 13.7. The molecule has 1 aromatic carbocycles. The number of rotatable bonds is 3. The molecule has 0 unspecified atom stereocenters. The summed E-state index contributed by atoms with van der Waals surface area (Å²) >= 11 is 0. The van der Waals surface area contributed by atoms with Crippen LogP contribution in [0.1, 0.15) is 18.4 Å². The van der Waals surface area contributed by atoms with Gasteiger partial charge in [0.05, 0.1) is 17.7 Å². The lowest BCUT2D eigenvalue weighted by atomic mass is 9.78. The van der Waals surface area contributed by atoms with Crippen LogP contribution >= 0.6 is 0 Å². The monoisotopic (exact) mass is 379 g/mol. The van der Waals surface area contributed by atoms with Crippen molar-refractivity contribution in [1.82, 2.24) is 4.98 Å². The number of pyridine rings is 1. The summed E-state index contributed by atoms with van der Waals surface area (Å²) in [6.07, 6.45) is 2.41. The number of ether oxygens (including phenoxy) is 3. The third-order valence-electron chi connectivity index (χ3n) is 5.92. The molecular weight excluding hydrogens is 358 g/mol. The Bertz CT molecular complexity index is 928. The van der Waals surface area contributed by atoms with Gasteiger partial charge in [0.15, 0.2) is 11.5 Å². The van der Waals surface area contributed by atoms with E-state index in [-0.39, 0.29) is 12.9 Å². The van der Waals surface area contributed by atoms with E-state index in [2.05, 4.69) is 16.0 Å². The van der Waals surface area contributed by atoms with Crippen LogP contribution in [0.2, 0.25) is 0 Å². The fourth-order valence-electron chi connectivity index (χ4n) is 4.49. The summed E-state index contributed by atoms with van der Waals surface area (Å²) < 4.78 is 16.9. The first-order valence-electron chi connectivity index (χ1n) is 9.55. The fourth-order valence-corrected chi connectivity index (χ4v) is 4.49. The van der Waals surface area contributed by atoms with Crippen molar-refractivity contribution in [3.8, 4) is 23.3 Å². The lowest BCUT2D eigenvalue weighted by Gasteiger charge is -2.35. The molecule has 4 atom stereocenters. The van der Waals surface area contributed by atoms with Gasteiger partial charge in [0, 0.05) is 25.4 Å². The van der Waals surface area contributed by atoms with Crippen molar-refractivity contribution < 1.29 is 19.3 Å². The van der Waals surface area contributed by atoms with Gasteiger partial charge < -0.3 is 24.2 Å². The average molecular weight is 379 g/mol. The number of nitrogens with zero attached hydrogens (tertiary/aromatic N) is 3. The van der Waals surface area contributed by atoms with E-state index >= 15 is 0 Å². The summed E-state index contributed by atoms with van der Waals surface area (Å²) in [5.41, 5.74) is 0.615. The number of fused-ring (bicyclic) bond motifs is 2. The van der Waals surface area contributed by atoms with Gasteiger partial charge in [-0.15, -0.1) is 0 Å². The number of hydrogen-bond donors (Lipinski definition) is 1. The molecular formula is C21H21N3O4. The maximum absolute atomic E-state index is 10.7. The molecule has 0 spiro atoms. The number of benzene rings is 1. The molecule has 7 heteroatoms. The number of aliphatic hydroxyl groups is 1. The highest BCUT2D eigenvalue weighted by molar-refractivity contribution is 5.47. The Morgan fingerprint density at radius 1 is 1.11 bits per heavy atom. The molecule has 2 aliphatic heterocycles. The van der Waals surface area contributed by atoms with Crippen LogP contribution in [0.5, 0.6) is 17.2 Å². The van der Waals surface area contributed by atoms with Crippen molar-refractivity contribution in [2.75, 3.05) is 24.8 Å². The minimum atomic E-state index is -0.509. The normalized spacial score (nSPS) is 27.9. The van der Waals surface area contributed by atoms with Crippen molar-refractivity contribution in [2.24, 2.45) is 11.8 Å². The van der Waals surface area contributed by atoms with E-state index in [1.54, 1.807) is 12.3 Å².